The molecule has 0 aliphatic rings. The summed E-state index contributed by atoms with van der Waals surface area (Å²) in [4.78, 5) is 14.8. The Kier molecular flexibility index (Phi) is 4.39. The lowest BCUT2D eigenvalue weighted by atomic mass is 10.2. The molecule has 0 radical (unpaired) electrons. The van der Waals surface area contributed by atoms with Crippen molar-refractivity contribution in [3.63, 3.8) is 0 Å². The second kappa shape index (κ2) is 6.04. The van der Waals surface area contributed by atoms with Crippen LogP contribution in [0.4, 0.5) is 10.8 Å². The van der Waals surface area contributed by atoms with Crippen molar-refractivity contribution >= 4 is 39.7 Å². The lowest BCUT2D eigenvalue weighted by Gasteiger charge is -2.05. The van der Waals surface area contributed by atoms with Gasteiger partial charge >= 0.3 is 5.97 Å². The first-order valence-electron chi connectivity index (χ1n) is 5.74. The van der Waals surface area contributed by atoms with E-state index in [1.807, 2.05) is 30.5 Å². The van der Waals surface area contributed by atoms with Crippen molar-refractivity contribution in [3.8, 4) is 0 Å². The number of carbonyl (C=O) groups is 1. The predicted molar refractivity (Wildman–Crippen MR) is 77.5 cm³/mol. The number of halogens is 1. The molecule has 0 fully saturated rings. The standard InChI is InChI=1S/C13H13ClN2O2S/c1-8-2-4-11(10(14)6-8)16-13-15-9(7-19-13)3-5-12(17)18/h2,4,6-7H,3,5H2,1H3,(H,15,16)(H,17,18). The number of carboxylic acids is 1. The first-order valence-corrected chi connectivity index (χ1v) is 7.00. The maximum atomic E-state index is 10.5. The van der Waals surface area contributed by atoms with Crippen LogP contribution in [-0.4, -0.2) is 16.1 Å². The molecule has 2 rings (SSSR count). The molecule has 2 N–H and O–H groups in total. The third kappa shape index (κ3) is 3.94. The van der Waals surface area contributed by atoms with E-state index in [0.717, 1.165) is 16.9 Å². The van der Waals surface area contributed by atoms with E-state index in [1.54, 1.807) is 0 Å². The zero-order valence-electron chi connectivity index (χ0n) is 10.3. The number of hydrogen-bond acceptors (Lipinski definition) is 4. The molecule has 0 spiro atoms. The van der Waals surface area contributed by atoms with E-state index in [-0.39, 0.29) is 6.42 Å². The lowest BCUT2D eigenvalue weighted by Crippen LogP contribution is -1.98. The second-order valence-corrected chi connectivity index (χ2v) is 5.41. The Balaban J connectivity index is 2.05. The van der Waals surface area contributed by atoms with Gasteiger partial charge in [-0.05, 0) is 24.6 Å². The van der Waals surface area contributed by atoms with Gasteiger partial charge in [-0.1, -0.05) is 17.7 Å². The summed E-state index contributed by atoms with van der Waals surface area (Å²) in [5.41, 5.74) is 2.67. The molecule has 19 heavy (non-hydrogen) atoms. The molecule has 1 aromatic carbocycles. The van der Waals surface area contributed by atoms with Crippen molar-refractivity contribution in [1.82, 2.24) is 4.98 Å². The molecule has 0 aliphatic carbocycles. The van der Waals surface area contributed by atoms with Crippen molar-refractivity contribution in [2.75, 3.05) is 5.32 Å². The van der Waals surface area contributed by atoms with Gasteiger partial charge in [0.25, 0.3) is 0 Å². The van der Waals surface area contributed by atoms with E-state index in [2.05, 4.69) is 10.3 Å². The third-order valence-corrected chi connectivity index (χ3v) is 3.63. The average Bonchev–Trinajstić information content (AvgIpc) is 2.78. The van der Waals surface area contributed by atoms with Gasteiger partial charge in [-0.2, -0.15) is 0 Å². The van der Waals surface area contributed by atoms with Gasteiger partial charge < -0.3 is 10.4 Å². The summed E-state index contributed by atoms with van der Waals surface area (Å²) in [6.07, 6.45) is 0.531. The summed E-state index contributed by atoms with van der Waals surface area (Å²) < 4.78 is 0. The molecule has 0 saturated carbocycles. The first kappa shape index (κ1) is 13.8. The highest BCUT2D eigenvalue weighted by atomic mass is 35.5. The number of aliphatic carboxylic acids is 1. The van der Waals surface area contributed by atoms with E-state index < -0.39 is 5.97 Å². The number of nitrogens with zero attached hydrogens (tertiary/aromatic N) is 1. The number of carboxylic acid groups (broad SMARTS) is 1. The number of thiazole rings is 1. The minimum atomic E-state index is -0.816. The van der Waals surface area contributed by atoms with Gasteiger partial charge in [-0.15, -0.1) is 11.3 Å². The summed E-state index contributed by atoms with van der Waals surface area (Å²) in [7, 11) is 0. The van der Waals surface area contributed by atoms with Crippen LogP contribution in [0, 0.1) is 6.92 Å². The van der Waals surface area contributed by atoms with Gasteiger partial charge in [0.1, 0.15) is 0 Å². The summed E-state index contributed by atoms with van der Waals surface area (Å²) in [6, 6.07) is 5.74. The highest BCUT2D eigenvalue weighted by Crippen LogP contribution is 2.28. The van der Waals surface area contributed by atoms with Crippen LogP contribution < -0.4 is 5.32 Å². The van der Waals surface area contributed by atoms with Crippen LogP contribution >= 0.6 is 22.9 Å². The Morgan fingerprint density at radius 1 is 1.53 bits per heavy atom. The van der Waals surface area contributed by atoms with Gasteiger partial charge in [0.15, 0.2) is 5.13 Å². The van der Waals surface area contributed by atoms with Crippen LogP contribution in [0.25, 0.3) is 0 Å². The number of nitrogens with one attached hydrogen (secondary N) is 1. The van der Waals surface area contributed by atoms with E-state index in [4.69, 9.17) is 16.7 Å². The average molecular weight is 297 g/mol. The highest BCUT2D eigenvalue weighted by Gasteiger charge is 2.06. The fourth-order valence-corrected chi connectivity index (χ4v) is 2.59. The van der Waals surface area contributed by atoms with E-state index >= 15 is 0 Å². The molecule has 4 nitrogen and oxygen atoms in total. The predicted octanol–water partition coefficient (Wildman–Crippen LogP) is 3.87. The number of rotatable bonds is 5. The molecule has 0 atom stereocenters. The minimum absolute atomic E-state index is 0.0917. The topological polar surface area (TPSA) is 62.2 Å². The number of anilines is 2. The molecule has 1 aromatic heterocycles. The Hall–Kier alpha value is -1.59. The molecule has 2 aromatic rings. The SMILES string of the molecule is Cc1ccc(Nc2nc(CCC(=O)O)cs2)c(Cl)c1. The van der Waals surface area contributed by atoms with Gasteiger partial charge in [0.05, 0.1) is 22.8 Å². The lowest BCUT2D eigenvalue weighted by molar-refractivity contribution is -0.136. The van der Waals surface area contributed by atoms with Gasteiger partial charge in [-0.25, -0.2) is 4.98 Å². The van der Waals surface area contributed by atoms with Crippen molar-refractivity contribution in [3.05, 3.63) is 39.9 Å². The van der Waals surface area contributed by atoms with Crippen LogP contribution in [0.3, 0.4) is 0 Å². The van der Waals surface area contributed by atoms with Gasteiger partial charge in [-0.3, -0.25) is 4.79 Å². The summed E-state index contributed by atoms with van der Waals surface area (Å²) >= 11 is 7.56. The van der Waals surface area contributed by atoms with Crippen LogP contribution in [0.2, 0.25) is 5.02 Å². The normalized spacial score (nSPS) is 10.4. The summed E-state index contributed by atoms with van der Waals surface area (Å²) in [5.74, 6) is -0.816. The number of aromatic nitrogens is 1. The highest BCUT2D eigenvalue weighted by molar-refractivity contribution is 7.13. The van der Waals surface area contributed by atoms with Crippen LogP contribution in [-0.2, 0) is 11.2 Å². The Morgan fingerprint density at radius 2 is 2.32 bits per heavy atom. The van der Waals surface area contributed by atoms with E-state index in [9.17, 15) is 4.79 Å². The first-order chi connectivity index (χ1) is 9.04. The Labute approximate surface area is 120 Å². The van der Waals surface area contributed by atoms with Crippen LogP contribution in [0.15, 0.2) is 23.6 Å². The minimum Gasteiger partial charge on any atom is -0.481 e. The molecular weight excluding hydrogens is 284 g/mol. The van der Waals surface area contributed by atoms with Gasteiger partial charge in [0.2, 0.25) is 0 Å². The summed E-state index contributed by atoms with van der Waals surface area (Å²) in [5, 5.41) is 15.0. The number of aryl methyl sites for hydroxylation is 2. The van der Waals surface area contributed by atoms with Crippen molar-refractivity contribution in [2.45, 2.75) is 19.8 Å². The molecule has 0 saturated heterocycles. The number of benzene rings is 1. The monoisotopic (exact) mass is 296 g/mol. The third-order valence-electron chi connectivity index (χ3n) is 2.51. The quantitative estimate of drug-likeness (QED) is 0.879. The zero-order chi connectivity index (χ0) is 13.8. The van der Waals surface area contributed by atoms with E-state index in [1.165, 1.54) is 11.3 Å². The van der Waals surface area contributed by atoms with E-state index in [0.29, 0.717) is 16.6 Å². The van der Waals surface area contributed by atoms with Crippen molar-refractivity contribution < 1.29 is 9.90 Å². The summed E-state index contributed by atoms with van der Waals surface area (Å²) in [6.45, 7) is 1.98. The fourth-order valence-electron chi connectivity index (χ4n) is 1.55. The Bertz CT molecular complexity index is 598. The molecule has 0 amide bonds. The van der Waals surface area contributed by atoms with Crippen LogP contribution in [0.5, 0.6) is 0 Å². The smallest absolute Gasteiger partial charge is 0.303 e. The molecule has 0 bridgehead atoms. The maximum absolute atomic E-state index is 10.5. The Morgan fingerprint density at radius 3 is 3.00 bits per heavy atom. The number of hydrogen-bond donors (Lipinski definition) is 2. The molecule has 100 valence electrons. The van der Waals surface area contributed by atoms with Crippen molar-refractivity contribution in [1.29, 1.82) is 0 Å². The van der Waals surface area contributed by atoms with Crippen molar-refractivity contribution in [2.24, 2.45) is 0 Å². The second-order valence-electron chi connectivity index (χ2n) is 4.15. The molecule has 0 unspecified atom stereocenters. The maximum Gasteiger partial charge on any atom is 0.303 e. The van der Waals surface area contributed by atoms with Crippen LogP contribution in [0.1, 0.15) is 17.7 Å². The molecule has 1 heterocycles. The fraction of sp³-hybridized carbons (Fsp3) is 0.231. The molecular formula is C13H13ClN2O2S. The molecule has 0 aliphatic heterocycles. The van der Waals surface area contributed by atoms with Gasteiger partial charge in [0, 0.05) is 11.8 Å². The molecule has 6 heteroatoms. The largest absolute Gasteiger partial charge is 0.481 e. The zero-order valence-corrected chi connectivity index (χ0v) is 11.9.